The molecule has 0 atom stereocenters. The molecule has 2 N–H and O–H groups in total. The molecule has 0 bridgehead atoms. The molecule has 8 nitrogen and oxygen atoms in total. The normalized spacial score (nSPS) is 13.1. The van der Waals surface area contributed by atoms with E-state index in [0.29, 0.717) is 30.4 Å². The summed E-state index contributed by atoms with van der Waals surface area (Å²) in [5, 5.41) is 10.1. The number of nitrogens with one attached hydrogen (secondary N) is 2. The Morgan fingerprint density at radius 2 is 1.87 bits per heavy atom. The van der Waals surface area contributed by atoms with Gasteiger partial charge in [0.25, 0.3) is 0 Å². The molecule has 2 aromatic carbocycles. The minimum Gasteiger partial charge on any atom is -0.492 e. The average molecular weight is 407 g/mol. The van der Waals surface area contributed by atoms with Gasteiger partial charge in [-0.2, -0.15) is 0 Å². The largest absolute Gasteiger partial charge is 0.492 e. The second-order valence-electron chi connectivity index (χ2n) is 7.11. The predicted molar refractivity (Wildman–Crippen MR) is 115 cm³/mol. The second kappa shape index (κ2) is 8.86. The summed E-state index contributed by atoms with van der Waals surface area (Å²) in [6.45, 7) is 2.97. The van der Waals surface area contributed by atoms with Crippen LogP contribution in [0.25, 0.3) is 11.4 Å². The molecule has 1 aromatic heterocycles. The second-order valence-corrected chi connectivity index (χ2v) is 7.11. The Labute approximate surface area is 174 Å². The lowest BCUT2D eigenvalue weighted by atomic mass is 10.2. The van der Waals surface area contributed by atoms with Crippen LogP contribution in [0.5, 0.6) is 5.75 Å². The zero-order chi connectivity index (χ0) is 20.9. The van der Waals surface area contributed by atoms with Crippen molar-refractivity contribution in [2.45, 2.75) is 32.4 Å². The zero-order valence-electron chi connectivity index (χ0n) is 16.9. The molecule has 0 radical (unpaired) electrons. The number of anilines is 1. The van der Waals surface area contributed by atoms with Crippen LogP contribution in [0.4, 0.5) is 10.5 Å². The topological polar surface area (TPSA) is 90.2 Å². The number of hydrogen-bond donors (Lipinski definition) is 2. The van der Waals surface area contributed by atoms with Crippen molar-refractivity contribution in [3.8, 4) is 17.1 Å². The molecule has 0 unspecified atom stereocenters. The maximum atomic E-state index is 12.8. The van der Waals surface area contributed by atoms with E-state index in [1.54, 1.807) is 16.7 Å². The van der Waals surface area contributed by atoms with E-state index in [4.69, 9.17) is 4.74 Å². The van der Waals surface area contributed by atoms with Crippen LogP contribution in [-0.4, -0.2) is 33.5 Å². The lowest BCUT2D eigenvalue weighted by molar-refractivity contribution is 0.251. The highest BCUT2D eigenvalue weighted by molar-refractivity contribution is 5.90. The van der Waals surface area contributed by atoms with E-state index in [1.165, 1.54) is 4.68 Å². The summed E-state index contributed by atoms with van der Waals surface area (Å²) in [6, 6.07) is 16.8. The molecule has 0 saturated heterocycles. The van der Waals surface area contributed by atoms with Gasteiger partial charge in [-0.1, -0.05) is 42.5 Å². The predicted octanol–water partition coefficient (Wildman–Crippen LogP) is 3.27. The highest BCUT2D eigenvalue weighted by Crippen LogP contribution is 2.36. The zero-order valence-corrected chi connectivity index (χ0v) is 16.9. The average Bonchev–Trinajstić information content (AvgIpc) is 3.54. The van der Waals surface area contributed by atoms with Crippen LogP contribution in [0.1, 0.15) is 25.8 Å². The van der Waals surface area contributed by atoms with Gasteiger partial charge in [-0.15, -0.1) is 5.10 Å². The van der Waals surface area contributed by atoms with Crippen molar-refractivity contribution in [1.29, 1.82) is 0 Å². The van der Waals surface area contributed by atoms with Crippen LogP contribution >= 0.6 is 0 Å². The number of ether oxygens (including phenoxy) is 1. The first-order valence-electron chi connectivity index (χ1n) is 10.2. The van der Waals surface area contributed by atoms with Gasteiger partial charge in [0.05, 0.1) is 18.8 Å². The molecule has 1 aliphatic carbocycles. The Hall–Kier alpha value is -3.55. The fraction of sp³-hybridized carbons (Fsp3) is 0.318. The standard InChI is InChI=1S/C22H25N5O3/c1-2-30-19-11-7-6-10-18(19)24-21(28)23-14-15-26-22(29)27(17-12-13-17)20(25-26)16-8-4-3-5-9-16/h3-11,17H,2,12-15H2,1H3,(H2,23,24,28). The van der Waals surface area contributed by atoms with Crippen molar-refractivity contribution in [3.63, 3.8) is 0 Å². The molecular formula is C22H25N5O3. The van der Waals surface area contributed by atoms with E-state index in [9.17, 15) is 9.59 Å². The molecule has 3 aromatic rings. The first-order valence-corrected chi connectivity index (χ1v) is 10.2. The van der Waals surface area contributed by atoms with Gasteiger partial charge in [0.1, 0.15) is 5.75 Å². The van der Waals surface area contributed by atoms with Gasteiger partial charge in [0.2, 0.25) is 0 Å². The fourth-order valence-corrected chi connectivity index (χ4v) is 3.30. The van der Waals surface area contributed by atoms with Crippen molar-refractivity contribution in [2.75, 3.05) is 18.5 Å². The summed E-state index contributed by atoms with van der Waals surface area (Å²) in [6.07, 6.45) is 1.98. The highest BCUT2D eigenvalue weighted by atomic mass is 16.5. The van der Waals surface area contributed by atoms with Gasteiger partial charge in [0, 0.05) is 18.2 Å². The first-order chi connectivity index (χ1) is 14.7. The van der Waals surface area contributed by atoms with E-state index in [2.05, 4.69) is 15.7 Å². The van der Waals surface area contributed by atoms with Gasteiger partial charge in [0.15, 0.2) is 5.82 Å². The summed E-state index contributed by atoms with van der Waals surface area (Å²) in [5.74, 6) is 1.29. The third-order valence-electron chi connectivity index (χ3n) is 4.86. The van der Waals surface area contributed by atoms with Gasteiger partial charge < -0.3 is 15.4 Å². The molecule has 8 heteroatoms. The quantitative estimate of drug-likeness (QED) is 0.600. The summed E-state index contributed by atoms with van der Waals surface area (Å²) in [5.41, 5.74) is 1.37. The van der Waals surface area contributed by atoms with Gasteiger partial charge in [-0.3, -0.25) is 4.57 Å². The Kier molecular flexibility index (Phi) is 5.83. The minimum atomic E-state index is -0.361. The SMILES string of the molecule is CCOc1ccccc1NC(=O)NCCn1nc(-c2ccccc2)n(C2CC2)c1=O. The van der Waals surface area contributed by atoms with Gasteiger partial charge >= 0.3 is 11.7 Å². The number of nitrogens with zero attached hydrogens (tertiary/aromatic N) is 3. The third kappa shape index (κ3) is 4.37. The van der Waals surface area contributed by atoms with Crippen molar-refractivity contribution < 1.29 is 9.53 Å². The van der Waals surface area contributed by atoms with Crippen LogP contribution in [-0.2, 0) is 6.54 Å². The van der Waals surface area contributed by atoms with Crippen molar-refractivity contribution in [3.05, 3.63) is 65.1 Å². The molecule has 1 heterocycles. The van der Waals surface area contributed by atoms with Crippen LogP contribution in [0.2, 0.25) is 0 Å². The third-order valence-corrected chi connectivity index (χ3v) is 4.86. The van der Waals surface area contributed by atoms with Crippen molar-refractivity contribution >= 4 is 11.7 Å². The summed E-state index contributed by atoms with van der Waals surface area (Å²) in [7, 11) is 0. The summed E-state index contributed by atoms with van der Waals surface area (Å²) >= 11 is 0. The number of para-hydroxylation sites is 2. The van der Waals surface area contributed by atoms with Gasteiger partial charge in [-0.25, -0.2) is 14.3 Å². The molecular weight excluding hydrogens is 382 g/mol. The Balaban J connectivity index is 1.41. The number of rotatable bonds is 8. The Morgan fingerprint density at radius 1 is 1.13 bits per heavy atom. The number of benzene rings is 2. The number of aromatic nitrogens is 3. The Bertz CT molecular complexity index is 1070. The lowest BCUT2D eigenvalue weighted by Crippen LogP contribution is -2.34. The van der Waals surface area contributed by atoms with Crippen molar-refractivity contribution in [2.24, 2.45) is 0 Å². The molecule has 1 saturated carbocycles. The van der Waals surface area contributed by atoms with Crippen LogP contribution < -0.4 is 21.1 Å². The Morgan fingerprint density at radius 3 is 2.60 bits per heavy atom. The molecule has 2 amide bonds. The van der Waals surface area contributed by atoms with E-state index in [0.717, 1.165) is 18.4 Å². The van der Waals surface area contributed by atoms with E-state index in [-0.39, 0.29) is 24.3 Å². The number of carbonyl (C=O) groups excluding carboxylic acids is 1. The van der Waals surface area contributed by atoms with Crippen LogP contribution in [0.15, 0.2) is 59.4 Å². The van der Waals surface area contributed by atoms with Crippen molar-refractivity contribution in [1.82, 2.24) is 19.7 Å². The molecule has 4 rings (SSSR count). The van der Waals surface area contributed by atoms with E-state index >= 15 is 0 Å². The molecule has 0 aliphatic heterocycles. The van der Waals surface area contributed by atoms with Crippen LogP contribution in [0, 0.1) is 0 Å². The smallest absolute Gasteiger partial charge is 0.346 e. The first kappa shape index (κ1) is 19.8. The molecule has 0 spiro atoms. The van der Waals surface area contributed by atoms with Crippen LogP contribution in [0.3, 0.4) is 0 Å². The number of amides is 2. The monoisotopic (exact) mass is 407 g/mol. The number of carbonyl (C=O) groups is 1. The van der Waals surface area contributed by atoms with E-state index in [1.807, 2.05) is 49.4 Å². The molecule has 30 heavy (non-hydrogen) atoms. The van der Waals surface area contributed by atoms with E-state index < -0.39 is 0 Å². The number of urea groups is 1. The fourth-order valence-electron chi connectivity index (χ4n) is 3.30. The molecule has 1 aliphatic rings. The molecule has 156 valence electrons. The summed E-state index contributed by atoms with van der Waals surface area (Å²) < 4.78 is 8.71. The highest BCUT2D eigenvalue weighted by Gasteiger charge is 2.30. The number of hydrogen-bond acceptors (Lipinski definition) is 4. The molecule has 1 fully saturated rings. The maximum Gasteiger partial charge on any atom is 0.346 e. The maximum absolute atomic E-state index is 12.8. The minimum absolute atomic E-state index is 0.139. The lowest BCUT2D eigenvalue weighted by Gasteiger charge is -2.11. The van der Waals surface area contributed by atoms with Gasteiger partial charge in [-0.05, 0) is 31.9 Å². The summed E-state index contributed by atoms with van der Waals surface area (Å²) in [4.78, 5) is 25.1.